The predicted octanol–water partition coefficient (Wildman–Crippen LogP) is 5.08. The van der Waals surface area contributed by atoms with Gasteiger partial charge in [-0.15, -0.1) is 0 Å². The number of nitrogens with zero attached hydrogens (tertiary/aromatic N) is 2. The summed E-state index contributed by atoms with van der Waals surface area (Å²) in [5.74, 6) is 0.415. The van der Waals surface area contributed by atoms with Gasteiger partial charge in [0.15, 0.2) is 0 Å². The highest BCUT2D eigenvalue weighted by molar-refractivity contribution is 9.10. The molecule has 0 aliphatic heterocycles. The topological polar surface area (TPSA) is 65.3 Å². The molecule has 0 atom stereocenters. The number of nitrogens with one attached hydrogen (secondary N) is 1. The lowest BCUT2D eigenvalue weighted by atomic mass is 10.1. The van der Waals surface area contributed by atoms with E-state index in [2.05, 4.69) is 21.2 Å². The average molecular weight is 492 g/mol. The molecule has 0 aliphatic rings. The van der Waals surface area contributed by atoms with Crippen LogP contribution in [0.4, 0.5) is 5.69 Å². The lowest BCUT2D eigenvalue weighted by molar-refractivity contribution is 0.102. The second-order valence-electron chi connectivity index (χ2n) is 7.31. The van der Waals surface area contributed by atoms with Crippen LogP contribution in [0, 0.1) is 6.92 Å². The largest absolute Gasteiger partial charge is 0.488 e. The number of anilines is 1. The van der Waals surface area contributed by atoms with E-state index in [1.807, 2.05) is 66.7 Å². The number of ether oxygens (including phenoxy) is 1. The third-order valence-corrected chi connectivity index (χ3v) is 5.89. The van der Waals surface area contributed by atoms with E-state index in [1.165, 1.54) is 4.68 Å². The summed E-state index contributed by atoms with van der Waals surface area (Å²) in [5.41, 5.74) is 2.79. The first kappa shape index (κ1) is 21.6. The molecule has 32 heavy (non-hydrogen) atoms. The Balaban J connectivity index is 1.49. The zero-order valence-corrected chi connectivity index (χ0v) is 19.3. The molecular weight excluding hydrogens is 470 g/mol. The van der Waals surface area contributed by atoms with Gasteiger partial charge in [-0.2, -0.15) is 0 Å². The molecule has 0 bridgehead atoms. The Bertz CT molecular complexity index is 1310. The Hall–Kier alpha value is -3.58. The molecule has 7 heteroatoms. The molecular formula is C25H22BrN3O3. The summed E-state index contributed by atoms with van der Waals surface area (Å²) in [6, 6.07) is 24.1. The van der Waals surface area contributed by atoms with Crippen molar-refractivity contribution in [3.8, 4) is 11.4 Å². The van der Waals surface area contributed by atoms with E-state index in [0.717, 1.165) is 21.5 Å². The van der Waals surface area contributed by atoms with Crippen molar-refractivity contribution in [1.82, 2.24) is 9.36 Å². The van der Waals surface area contributed by atoms with Crippen molar-refractivity contribution in [3.63, 3.8) is 0 Å². The van der Waals surface area contributed by atoms with Gasteiger partial charge < -0.3 is 10.1 Å². The Morgan fingerprint density at radius 1 is 0.969 bits per heavy atom. The second kappa shape index (κ2) is 9.28. The van der Waals surface area contributed by atoms with Crippen LogP contribution in [0.25, 0.3) is 5.69 Å². The van der Waals surface area contributed by atoms with Crippen LogP contribution in [0.1, 0.15) is 21.6 Å². The van der Waals surface area contributed by atoms with E-state index in [9.17, 15) is 9.59 Å². The number of hydrogen-bond acceptors (Lipinski definition) is 3. The molecule has 0 fully saturated rings. The third-order valence-electron chi connectivity index (χ3n) is 5.24. The minimum absolute atomic E-state index is 0.266. The van der Waals surface area contributed by atoms with Gasteiger partial charge in [0, 0.05) is 12.6 Å². The number of amides is 1. The number of halogens is 1. The smallest absolute Gasteiger partial charge is 0.295 e. The van der Waals surface area contributed by atoms with E-state index >= 15 is 0 Å². The van der Waals surface area contributed by atoms with E-state index < -0.39 is 0 Å². The van der Waals surface area contributed by atoms with Crippen LogP contribution in [0.5, 0.6) is 5.75 Å². The summed E-state index contributed by atoms with van der Waals surface area (Å²) < 4.78 is 9.97. The van der Waals surface area contributed by atoms with Crippen LogP contribution in [-0.2, 0) is 13.7 Å². The van der Waals surface area contributed by atoms with Gasteiger partial charge in [-0.05, 0) is 64.8 Å². The van der Waals surface area contributed by atoms with E-state index in [1.54, 1.807) is 30.8 Å². The van der Waals surface area contributed by atoms with Crippen LogP contribution in [-0.4, -0.2) is 15.3 Å². The number of aromatic nitrogens is 2. The molecule has 1 amide bonds. The lowest BCUT2D eigenvalue weighted by Gasteiger charge is -2.09. The van der Waals surface area contributed by atoms with Gasteiger partial charge in [-0.25, -0.2) is 4.68 Å². The highest BCUT2D eigenvalue weighted by atomic mass is 79.9. The van der Waals surface area contributed by atoms with Crippen molar-refractivity contribution >= 4 is 27.5 Å². The fourth-order valence-corrected chi connectivity index (χ4v) is 3.77. The number of rotatable bonds is 6. The van der Waals surface area contributed by atoms with Crippen LogP contribution in [0.15, 0.2) is 88.1 Å². The van der Waals surface area contributed by atoms with E-state index in [-0.39, 0.29) is 17.2 Å². The van der Waals surface area contributed by atoms with Gasteiger partial charge in [-0.3, -0.25) is 14.3 Å². The summed E-state index contributed by atoms with van der Waals surface area (Å²) in [6.07, 6.45) is 0. The summed E-state index contributed by atoms with van der Waals surface area (Å²) in [5, 5.41) is 2.78. The number of carbonyl (C=O) groups is 1. The van der Waals surface area contributed by atoms with Gasteiger partial charge in [0.2, 0.25) is 0 Å². The number of benzene rings is 3. The molecule has 6 nitrogen and oxygen atoms in total. The Labute approximate surface area is 194 Å². The van der Waals surface area contributed by atoms with Crippen LogP contribution >= 0.6 is 15.9 Å². The Morgan fingerprint density at radius 3 is 2.31 bits per heavy atom. The van der Waals surface area contributed by atoms with Crippen molar-refractivity contribution in [2.24, 2.45) is 7.05 Å². The zero-order valence-electron chi connectivity index (χ0n) is 17.7. The zero-order chi connectivity index (χ0) is 22.7. The summed E-state index contributed by atoms with van der Waals surface area (Å²) in [7, 11) is 1.79. The first-order chi connectivity index (χ1) is 15.5. The highest BCUT2D eigenvalue weighted by Crippen LogP contribution is 2.24. The average Bonchev–Trinajstić information content (AvgIpc) is 3.02. The lowest BCUT2D eigenvalue weighted by Crippen LogP contribution is -2.23. The molecule has 0 saturated carbocycles. The van der Waals surface area contributed by atoms with Crippen LogP contribution < -0.4 is 15.6 Å². The molecule has 0 radical (unpaired) electrons. The van der Waals surface area contributed by atoms with Gasteiger partial charge >= 0.3 is 0 Å². The number of para-hydroxylation sites is 2. The molecule has 0 unspecified atom stereocenters. The van der Waals surface area contributed by atoms with Crippen LogP contribution in [0.2, 0.25) is 0 Å². The van der Waals surface area contributed by atoms with Crippen LogP contribution in [0.3, 0.4) is 0 Å². The van der Waals surface area contributed by atoms with Crippen molar-refractivity contribution in [3.05, 3.63) is 111 Å². The van der Waals surface area contributed by atoms with Gasteiger partial charge in [-0.1, -0.05) is 42.5 Å². The quantitative estimate of drug-likeness (QED) is 0.409. The van der Waals surface area contributed by atoms with Crippen molar-refractivity contribution in [2.45, 2.75) is 13.5 Å². The molecule has 1 heterocycles. The molecule has 0 saturated heterocycles. The second-order valence-corrected chi connectivity index (χ2v) is 8.16. The molecule has 3 aromatic carbocycles. The standard InChI is InChI=1S/C25H22BrN3O3/c1-17-23(25(31)29(28(17)2)20-8-4-3-5-9-20)27-24(30)19-14-12-18(13-15-19)16-32-22-11-7-6-10-21(22)26/h3-15H,16H2,1-2H3,(H,27,30). The monoisotopic (exact) mass is 491 g/mol. The van der Waals surface area contributed by atoms with Gasteiger partial charge in [0.25, 0.3) is 11.5 Å². The highest BCUT2D eigenvalue weighted by Gasteiger charge is 2.18. The van der Waals surface area contributed by atoms with Crippen molar-refractivity contribution < 1.29 is 9.53 Å². The SMILES string of the molecule is Cc1c(NC(=O)c2ccc(COc3ccccc3Br)cc2)c(=O)n(-c2ccccc2)n1C. The van der Waals surface area contributed by atoms with Crippen molar-refractivity contribution in [2.75, 3.05) is 5.32 Å². The number of carbonyl (C=O) groups excluding carboxylic acids is 1. The van der Waals surface area contributed by atoms with Gasteiger partial charge in [0.1, 0.15) is 18.0 Å². The molecule has 0 spiro atoms. The molecule has 162 valence electrons. The Kier molecular flexibility index (Phi) is 6.28. The number of hydrogen-bond donors (Lipinski definition) is 1. The minimum Gasteiger partial charge on any atom is -0.488 e. The summed E-state index contributed by atoms with van der Waals surface area (Å²) in [6.45, 7) is 2.18. The molecule has 4 aromatic rings. The maximum absolute atomic E-state index is 13.0. The fourth-order valence-electron chi connectivity index (χ4n) is 3.37. The third kappa shape index (κ3) is 4.38. The molecule has 1 N–H and O–H groups in total. The normalized spacial score (nSPS) is 10.7. The van der Waals surface area contributed by atoms with E-state index in [4.69, 9.17) is 4.74 Å². The molecule has 0 aliphatic carbocycles. The van der Waals surface area contributed by atoms with Gasteiger partial charge in [0.05, 0.1) is 15.9 Å². The molecule has 1 aromatic heterocycles. The summed E-state index contributed by atoms with van der Waals surface area (Å²) >= 11 is 3.46. The predicted molar refractivity (Wildman–Crippen MR) is 129 cm³/mol. The maximum atomic E-state index is 13.0. The van der Waals surface area contributed by atoms with E-state index in [0.29, 0.717) is 17.9 Å². The first-order valence-corrected chi connectivity index (χ1v) is 10.9. The minimum atomic E-state index is -0.339. The maximum Gasteiger partial charge on any atom is 0.295 e. The molecule has 4 rings (SSSR count). The summed E-state index contributed by atoms with van der Waals surface area (Å²) in [4.78, 5) is 25.8. The fraction of sp³-hybridized carbons (Fsp3) is 0.120. The first-order valence-electron chi connectivity index (χ1n) is 10.1. The Morgan fingerprint density at radius 2 is 1.62 bits per heavy atom. The van der Waals surface area contributed by atoms with Crippen molar-refractivity contribution in [1.29, 1.82) is 0 Å².